The highest BCUT2D eigenvalue weighted by Gasteiger charge is 2.25. The molecule has 9 aromatic carbocycles. The number of hydrogen-bond acceptors (Lipinski definition) is 4. The number of para-hydroxylation sites is 3. The molecule has 0 fully saturated rings. The molecule has 0 radical (unpaired) electrons. The Morgan fingerprint density at radius 1 is 0.333 bits per heavy atom. The largest absolute Gasteiger partial charge is 0.454 e. The number of rotatable bonds is 6. The van der Waals surface area contributed by atoms with Crippen molar-refractivity contribution in [1.82, 2.24) is 24.1 Å². The molecule has 0 saturated carbocycles. The third kappa shape index (κ3) is 5.48. The van der Waals surface area contributed by atoms with Gasteiger partial charge in [0.05, 0.1) is 27.8 Å². The molecule has 0 saturated heterocycles. The molecule has 0 aliphatic heterocycles. The van der Waals surface area contributed by atoms with E-state index in [4.69, 9.17) is 19.4 Å². The Kier molecular flexibility index (Phi) is 7.80. The van der Waals surface area contributed by atoms with Gasteiger partial charge in [-0.2, -0.15) is 0 Å². The summed E-state index contributed by atoms with van der Waals surface area (Å²) in [6, 6.07) is 74.3. The van der Waals surface area contributed by atoms with Crippen molar-refractivity contribution in [3.63, 3.8) is 0 Å². The molecule has 0 bridgehead atoms. The van der Waals surface area contributed by atoms with E-state index in [0.717, 1.165) is 77.7 Å². The number of furan rings is 1. The van der Waals surface area contributed by atoms with Crippen LogP contribution < -0.4 is 0 Å². The second-order valence-corrected chi connectivity index (χ2v) is 15.9. The highest BCUT2D eigenvalue weighted by Crippen LogP contribution is 2.46. The van der Waals surface area contributed by atoms with Crippen LogP contribution in [0.5, 0.6) is 0 Å². The molecule has 0 amide bonds. The van der Waals surface area contributed by atoms with Gasteiger partial charge in [0.15, 0.2) is 23.1 Å². The summed E-state index contributed by atoms with van der Waals surface area (Å²) >= 11 is 0. The molecular weight excluding hydrogens is 771 g/mol. The first-order valence-electron chi connectivity index (χ1n) is 21.2. The Hall–Kier alpha value is -8.61. The Bertz CT molecular complexity index is 3830. The van der Waals surface area contributed by atoms with E-state index >= 15 is 0 Å². The highest BCUT2D eigenvalue weighted by atomic mass is 16.3. The molecule has 6 nitrogen and oxygen atoms in total. The van der Waals surface area contributed by atoms with Gasteiger partial charge in [-0.3, -0.25) is 0 Å². The molecule has 13 aromatic rings. The van der Waals surface area contributed by atoms with Crippen molar-refractivity contribution >= 4 is 65.6 Å². The zero-order valence-electron chi connectivity index (χ0n) is 33.9. The quantitative estimate of drug-likeness (QED) is 0.168. The molecule has 6 heteroatoms. The first-order chi connectivity index (χ1) is 31.3. The topological polar surface area (TPSA) is 61.7 Å². The molecule has 0 aliphatic rings. The Morgan fingerprint density at radius 3 is 1.49 bits per heavy atom. The van der Waals surface area contributed by atoms with Crippen molar-refractivity contribution in [2.75, 3.05) is 0 Å². The Morgan fingerprint density at radius 2 is 0.857 bits per heavy atom. The summed E-state index contributed by atoms with van der Waals surface area (Å²) < 4.78 is 12.0. The summed E-state index contributed by atoms with van der Waals surface area (Å²) in [5, 5.41) is 6.74. The van der Waals surface area contributed by atoms with E-state index in [1.54, 1.807) is 0 Å². The summed E-state index contributed by atoms with van der Waals surface area (Å²) in [7, 11) is 0. The first kappa shape index (κ1) is 35.2. The van der Waals surface area contributed by atoms with Crippen LogP contribution in [0.1, 0.15) is 0 Å². The fourth-order valence-corrected chi connectivity index (χ4v) is 9.60. The molecular formula is C57H35N5O. The van der Waals surface area contributed by atoms with E-state index in [-0.39, 0.29) is 0 Å². The average Bonchev–Trinajstić information content (AvgIpc) is 4.02. The third-order valence-electron chi connectivity index (χ3n) is 12.4. The number of nitrogens with zero attached hydrogens (tertiary/aromatic N) is 5. The van der Waals surface area contributed by atoms with Crippen LogP contribution in [0.3, 0.4) is 0 Å². The summed E-state index contributed by atoms with van der Waals surface area (Å²) in [5.74, 6) is 1.80. The molecule has 0 aliphatic carbocycles. The molecule has 0 unspecified atom stereocenters. The summed E-state index contributed by atoms with van der Waals surface area (Å²) in [6.07, 6.45) is 0. The number of hydrogen-bond donors (Lipinski definition) is 0. The van der Waals surface area contributed by atoms with Gasteiger partial charge in [0.2, 0.25) is 0 Å². The zero-order chi connectivity index (χ0) is 41.4. The van der Waals surface area contributed by atoms with Crippen LogP contribution in [0.4, 0.5) is 0 Å². The number of fused-ring (bicyclic) bond motifs is 9. The van der Waals surface area contributed by atoms with Crippen LogP contribution in [0.2, 0.25) is 0 Å². The predicted molar refractivity (Wildman–Crippen MR) is 258 cm³/mol. The fourth-order valence-electron chi connectivity index (χ4n) is 9.60. The van der Waals surface area contributed by atoms with Crippen molar-refractivity contribution in [2.24, 2.45) is 0 Å². The number of benzene rings is 9. The van der Waals surface area contributed by atoms with Crippen molar-refractivity contribution in [3.8, 4) is 56.7 Å². The van der Waals surface area contributed by atoms with Gasteiger partial charge in [-0.25, -0.2) is 15.0 Å². The lowest BCUT2D eigenvalue weighted by molar-refractivity contribution is 0.666. The summed E-state index contributed by atoms with van der Waals surface area (Å²) in [5.41, 5.74) is 13.0. The minimum absolute atomic E-state index is 0.577. The van der Waals surface area contributed by atoms with Crippen LogP contribution in [-0.4, -0.2) is 24.1 Å². The Balaban J connectivity index is 1.14. The third-order valence-corrected chi connectivity index (χ3v) is 12.4. The molecule has 0 N–H and O–H groups in total. The van der Waals surface area contributed by atoms with Crippen LogP contribution in [-0.2, 0) is 0 Å². The van der Waals surface area contributed by atoms with Crippen LogP contribution >= 0.6 is 0 Å². The lowest BCUT2D eigenvalue weighted by Gasteiger charge is -2.13. The van der Waals surface area contributed by atoms with Gasteiger partial charge < -0.3 is 13.6 Å². The van der Waals surface area contributed by atoms with Gasteiger partial charge in [-0.15, -0.1) is 0 Å². The molecule has 294 valence electrons. The van der Waals surface area contributed by atoms with Gasteiger partial charge in [0.1, 0.15) is 5.58 Å². The van der Waals surface area contributed by atoms with Crippen molar-refractivity contribution in [1.29, 1.82) is 0 Å². The van der Waals surface area contributed by atoms with Gasteiger partial charge in [-0.05, 0) is 59.7 Å². The zero-order valence-corrected chi connectivity index (χ0v) is 33.9. The van der Waals surface area contributed by atoms with E-state index in [9.17, 15) is 0 Å². The second kappa shape index (κ2) is 14.0. The molecule has 0 spiro atoms. The molecule has 4 heterocycles. The molecule has 0 atom stereocenters. The van der Waals surface area contributed by atoms with Crippen molar-refractivity contribution < 1.29 is 4.42 Å². The van der Waals surface area contributed by atoms with E-state index in [0.29, 0.717) is 17.5 Å². The SMILES string of the molecule is c1ccc(-c2nc(-c3ccccc3)nc(-c3cccc4oc5c(-n6c7ccccc7c7cc8c9ccccc9n(-c9ccccc9)c8cc76)ccc(-c6ccccc6)c5c34)n2)cc1. The van der Waals surface area contributed by atoms with Crippen LogP contribution in [0.15, 0.2) is 217 Å². The molecule has 13 rings (SSSR count). The minimum atomic E-state index is 0.577. The van der Waals surface area contributed by atoms with Gasteiger partial charge >= 0.3 is 0 Å². The van der Waals surface area contributed by atoms with E-state index in [1.165, 1.54) is 27.1 Å². The lowest BCUT2D eigenvalue weighted by Crippen LogP contribution is -2.00. The fraction of sp³-hybridized carbons (Fsp3) is 0. The predicted octanol–water partition coefficient (Wildman–Crippen LogP) is 14.6. The maximum Gasteiger partial charge on any atom is 0.164 e. The number of aromatic nitrogens is 5. The van der Waals surface area contributed by atoms with E-state index in [2.05, 4.69) is 155 Å². The van der Waals surface area contributed by atoms with Gasteiger partial charge in [0, 0.05) is 54.7 Å². The second-order valence-electron chi connectivity index (χ2n) is 15.9. The standard InChI is InChI=1S/C57H35N5O/c1-5-18-36(19-6-1)40-32-33-48(62-47-30-16-14-27-42(47)45-34-44-41-26-13-15-29-46(41)61(49(44)35-50(45)62)39-24-11-4-12-25-39)54-53(40)52-43(28-17-31-51(52)63-54)57-59-55(37-20-7-2-8-21-37)58-56(60-57)38-22-9-3-10-23-38/h1-35H. The first-order valence-corrected chi connectivity index (χ1v) is 21.2. The van der Waals surface area contributed by atoms with Crippen LogP contribution in [0, 0.1) is 0 Å². The summed E-state index contributed by atoms with van der Waals surface area (Å²) in [4.78, 5) is 15.4. The monoisotopic (exact) mass is 805 g/mol. The van der Waals surface area contributed by atoms with Gasteiger partial charge in [-0.1, -0.05) is 164 Å². The Labute approximate surface area is 361 Å². The van der Waals surface area contributed by atoms with E-state index in [1.807, 2.05) is 66.7 Å². The normalized spacial score (nSPS) is 11.8. The summed E-state index contributed by atoms with van der Waals surface area (Å²) in [6.45, 7) is 0. The van der Waals surface area contributed by atoms with Crippen LogP contribution in [0.25, 0.3) is 122 Å². The average molecular weight is 806 g/mol. The highest BCUT2D eigenvalue weighted by molar-refractivity contribution is 6.22. The smallest absolute Gasteiger partial charge is 0.164 e. The maximum atomic E-state index is 7.19. The van der Waals surface area contributed by atoms with Crippen molar-refractivity contribution in [2.45, 2.75) is 0 Å². The van der Waals surface area contributed by atoms with Gasteiger partial charge in [0.25, 0.3) is 0 Å². The van der Waals surface area contributed by atoms with Crippen molar-refractivity contribution in [3.05, 3.63) is 212 Å². The van der Waals surface area contributed by atoms with E-state index < -0.39 is 0 Å². The lowest BCUT2D eigenvalue weighted by atomic mass is 9.96. The molecule has 63 heavy (non-hydrogen) atoms. The maximum absolute atomic E-state index is 7.19. The minimum Gasteiger partial charge on any atom is -0.454 e. The molecule has 4 aromatic heterocycles.